The van der Waals surface area contributed by atoms with E-state index in [1.54, 1.807) is 19.1 Å². The fraction of sp³-hybridized carbons (Fsp3) is 0.250. The summed E-state index contributed by atoms with van der Waals surface area (Å²) in [5.41, 5.74) is 1.72. The first-order chi connectivity index (χ1) is 12.6. The first-order valence-electron chi connectivity index (χ1n) is 8.15. The van der Waals surface area contributed by atoms with E-state index < -0.39 is 23.8 Å². The molecule has 0 bridgehead atoms. The Hall–Kier alpha value is -2.96. The number of carboxylic acids is 1. The second-order valence-corrected chi connectivity index (χ2v) is 6.42. The third kappa shape index (κ3) is 3.63. The van der Waals surface area contributed by atoms with Crippen molar-refractivity contribution in [3.8, 4) is 17.2 Å². The Kier molecular flexibility index (Phi) is 4.63. The molecule has 0 spiro atoms. The summed E-state index contributed by atoms with van der Waals surface area (Å²) in [7, 11) is 0. The molecule has 0 amide bonds. The maximum Gasteiger partial charge on any atom is 0.430 e. The monoisotopic (exact) mass is 378 g/mol. The van der Waals surface area contributed by atoms with Gasteiger partial charge in [0.2, 0.25) is 6.10 Å². The summed E-state index contributed by atoms with van der Waals surface area (Å²) in [6.07, 6.45) is -6.39. The Labute approximate surface area is 153 Å². The summed E-state index contributed by atoms with van der Waals surface area (Å²) in [6, 6.07) is 8.65. The molecule has 0 saturated carbocycles. The summed E-state index contributed by atoms with van der Waals surface area (Å²) in [5.74, 6) is -0.789. The van der Waals surface area contributed by atoms with Gasteiger partial charge in [-0.05, 0) is 50.6 Å². The zero-order valence-electron chi connectivity index (χ0n) is 14.8. The molecule has 1 aliphatic heterocycles. The number of aryl methyl sites for hydroxylation is 2. The first kappa shape index (κ1) is 18.8. The highest BCUT2D eigenvalue weighted by atomic mass is 19.4. The molecule has 1 unspecified atom stereocenters. The number of hydrogen-bond donors (Lipinski definition) is 1. The van der Waals surface area contributed by atoms with E-state index in [0.29, 0.717) is 17.1 Å². The smallest absolute Gasteiger partial charge is 0.430 e. The van der Waals surface area contributed by atoms with Gasteiger partial charge in [-0.1, -0.05) is 17.7 Å². The van der Waals surface area contributed by atoms with Gasteiger partial charge in [-0.2, -0.15) is 13.2 Å². The number of carboxylic acid groups (broad SMARTS) is 1. The van der Waals surface area contributed by atoms with Gasteiger partial charge in [-0.15, -0.1) is 0 Å². The topological polar surface area (TPSA) is 55.8 Å². The van der Waals surface area contributed by atoms with Gasteiger partial charge in [0.1, 0.15) is 17.2 Å². The Morgan fingerprint density at radius 2 is 1.78 bits per heavy atom. The van der Waals surface area contributed by atoms with E-state index in [1.807, 2.05) is 26.0 Å². The number of hydrogen-bond acceptors (Lipinski definition) is 3. The van der Waals surface area contributed by atoms with Crippen LogP contribution in [0.5, 0.6) is 17.2 Å². The molecule has 2 aromatic rings. The van der Waals surface area contributed by atoms with Crippen LogP contribution in [0, 0.1) is 20.8 Å². The number of ether oxygens (including phenoxy) is 2. The molecule has 27 heavy (non-hydrogen) atoms. The molecule has 1 N–H and O–H groups in total. The lowest BCUT2D eigenvalue weighted by atomic mass is 9.98. The van der Waals surface area contributed by atoms with E-state index in [2.05, 4.69) is 0 Å². The summed E-state index contributed by atoms with van der Waals surface area (Å²) >= 11 is 0. The lowest BCUT2D eigenvalue weighted by molar-refractivity contribution is -0.187. The van der Waals surface area contributed by atoms with Crippen LogP contribution in [-0.2, 0) is 4.79 Å². The van der Waals surface area contributed by atoms with Crippen molar-refractivity contribution in [3.63, 3.8) is 0 Å². The highest BCUT2D eigenvalue weighted by Crippen LogP contribution is 2.42. The van der Waals surface area contributed by atoms with E-state index in [-0.39, 0.29) is 11.3 Å². The van der Waals surface area contributed by atoms with E-state index in [0.717, 1.165) is 17.2 Å². The Morgan fingerprint density at radius 3 is 2.37 bits per heavy atom. The molecule has 1 aliphatic rings. The van der Waals surface area contributed by atoms with Crippen molar-refractivity contribution in [1.82, 2.24) is 0 Å². The van der Waals surface area contributed by atoms with Gasteiger partial charge < -0.3 is 14.6 Å². The number of carbonyl (C=O) groups is 1. The van der Waals surface area contributed by atoms with Crippen LogP contribution in [0.4, 0.5) is 13.2 Å². The lowest BCUT2D eigenvalue weighted by Crippen LogP contribution is -2.40. The minimum Gasteiger partial charge on any atom is -0.478 e. The Morgan fingerprint density at radius 1 is 1.11 bits per heavy atom. The summed E-state index contributed by atoms with van der Waals surface area (Å²) in [5, 5.41) is 9.10. The third-order valence-corrected chi connectivity index (χ3v) is 4.31. The van der Waals surface area contributed by atoms with Crippen molar-refractivity contribution in [3.05, 3.63) is 58.2 Å². The van der Waals surface area contributed by atoms with Gasteiger partial charge in [0.05, 0.1) is 5.57 Å². The van der Waals surface area contributed by atoms with Crippen molar-refractivity contribution in [2.45, 2.75) is 33.1 Å². The van der Waals surface area contributed by atoms with Crippen LogP contribution in [0.1, 0.15) is 22.3 Å². The molecule has 0 radical (unpaired) electrons. The van der Waals surface area contributed by atoms with Crippen molar-refractivity contribution >= 4 is 12.0 Å². The summed E-state index contributed by atoms with van der Waals surface area (Å²) in [6.45, 7) is 5.39. The molecule has 7 heteroatoms. The molecule has 0 aromatic heterocycles. The maximum absolute atomic E-state index is 13.3. The maximum atomic E-state index is 13.3. The van der Waals surface area contributed by atoms with Gasteiger partial charge in [0.15, 0.2) is 0 Å². The van der Waals surface area contributed by atoms with Crippen molar-refractivity contribution in [1.29, 1.82) is 0 Å². The molecule has 4 nitrogen and oxygen atoms in total. The number of rotatable bonds is 3. The molecule has 142 valence electrons. The fourth-order valence-corrected chi connectivity index (χ4v) is 2.95. The zero-order chi connectivity index (χ0) is 19.9. The van der Waals surface area contributed by atoms with Crippen molar-refractivity contribution in [2.75, 3.05) is 0 Å². The van der Waals surface area contributed by atoms with Gasteiger partial charge in [0, 0.05) is 11.1 Å². The average Bonchev–Trinajstić information content (AvgIpc) is 2.57. The zero-order valence-corrected chi connectivity index (χ0v) is 14.8. The minimum atomic E-state index is -4.85. The predicted octanol–water partition coefficient (Wildman–Crippen LogP) is 5.20. The Balaban J connectivity index is 2.03. The third-order valence-electron chi connectivity index (χ3n) is 4.31. The van der Waals surface area contributed by atoms with E-state index >= 15 is 0 Å². The standard InChI is InChI=1S/C20H17F3O4/c1-10-4-6-15(11(2)8-10)26-16-7-5-13-9-14(19(24)25)18(20(21,22)23)27-17(13)12(16)3/h4-9,18H,1-3H3,(H,24,25). The van der Waals surface area contributed by atoms with Crippen LogP contribution >= 0.6 is 0 Å². The quantitative estimate of drug-likeness (QED) is 0.798. The fourth-order valence-electron chi connectivity index (χ4n) is 2.95. The van der Waals surface area contributed by atoms with Gasteiger partial charge >= 0.3 is 12.1 Å². The first-order valence-corrected chi connectivity index (χ1v) is 8.15. The number of benzene rings is 2. The van der Waals surface area contributed by atoms with Crippen molar-refractivity contribution < 1.29 is 32.5 Å². The normalized spacial score (nSPS) is 16.2. The molecule has 0 fully saturated rings. The summed E-state index contributed by atoms with van der Waals surface area (Å²) < 4.78 is 50.7. The molecular formula is C20H17F3O4. The molecule has 0 saturated heterocycles. The molecule has 1 heterocycles. The van der Waals surface area contributed by atoms with Gasteiger partial charge in [-0.3, -0.25) is 0 Å². The SMILES string of the molecule is Cc1ccc(Oc2ccc3c(c2C)OC(C(F)(F)F)C(C(=O)O)=C3)c(C)c1. The molecule has 3 rings (SSSR count). The van der Waals surface area contributed by atoms with Gasteiger partial charge in [0.25, 0.3) is 0 Å². The predicted molar refractivity (Wildman–Crippen MR) is 93.3 cm³/mol. The molecule has 1 atom stereocenters. The van der Waals surface area contributed by atoms with E-state index in [1.165, 1.54) is 6.07 Å². The largest absolute Gasteiger partial charge is 0.478 e. The van der Waals surface area contributed by atoms with Gasteiger partial charge in [-0.25, -0.2) is 4.79 Å². The highest BCUT2D eigenvalue weighted by Gasteiger charge is 2.48. The molecular weight excluding hydrogens is 361 g/mol. The van der Waals surface area contributed by atoms with E-state index in [9.17, 15) is 18.0 Å². The van der Waals surface area contributed by atoms with Crippen LogP contribution in [0.2, 0.25) is 0 Å². The lowest BCUT2D eigenvalue weighted by Gasteiger charge is -2.28. The molecule has 0 aliphatic carbocycles. The van der Waals surface area contributed by atoms with Crippen LogP contribution in [0.3, 0.4) is 0 Å². The highest BCUT2D eigenvalue weighted by molar-refractivity contribution is 5.95. The van der Waals surface area contributed by atoms with E-state index in [4.69, 9.17) is 14.6 Å². The van der Waals surface area contributed by atoms with Crippen molar-refractivity contribution in [2.24, 2.45) is 0 Å². The number of aliphatic carboxylic acids is 1. The van der Waals surface area contributed by atoms with Crippen LogP contribution < -0.4 is 9.47 Å². The minimum absolute atomic E-state index is 0.0374. The molecule has 2 aromatic carbocycles. The second-order valence-electron chi connectivity index (χ2n) is 6.42. The summed E-state index contributed by atoms with van der Waals surface area (Å²) in [4.78, 5) is 11.2. The number of alkyl halides is 3. The van der Waals surface area contributed by atoms with Crippen LogP contribution in [-0.4, -0.2) is 23.4 Å². The number of fused-ring (bicyclic) bond motifs is 1. The number of halogens is 3. The average molecular weight is 378 g/mol. The second kappa shape index (κ2) is 6.64. The van der Waals surface area contributed by atoms with Crippen LogP contribution in [0.15, 0.2) is 35.9 Å². The Bertz CT molecular complexity index is 945. The van der Waals surface area contributed by atoms with Crippen LogP contribution in [0.25, 0.3) is 6.08 Å².